The summed E-state index contributed by atoms with van der Waals surface area (Å²) in [6, 6.07) is 8.11. The zero-order valence-electron chi connectivity index (χ0n) is 14.4. The van der Waals surface area contributed by atoms with E-state index in [1.54, 1.807) is 0 Å². The molecule has 1 aromatic heterocycles. The fourth-order valence-electron chi connectivity index (χ4n) is 4.01. The normalized spacial score (nSPS) is 32.7. The summed E-state index contributed by atoms with van der Waals surface area (Å²) < 4.78 is 1.34. The predicted molar refractivity (Wildman–Crippen MR) is 98.2 cm³/mol. The van der Waals surface area contributed by atoms with Crippen LogP contribution in [0, 0.1) is 5.92 Å². The molecular formula is C19H27N3S. The Kier molecular flexibility index (Phi) is 4.16. The second-order valence-electron chi connectivity index (χ2n) is 7.64. The zero-order chi connectivity index (χ0) is 16.0. The molecule has 4 atom stereocenters. The van der Waals surface area contributed by atoms with Gasteiger partial charge in [0, 0.05) is 24.5 Å². The minimum Gasteiger partial charge on any atom is -0.310 e. The van der Waals surface area contributed by atoms with E-state index in [0.717, 1.165) is 19.0 Å². The Bertz CT molecular complexity index is 677. The average Bonchev–Trinajstić information content (AvgIpc) is 3.11. The highest BCUT2D eigenvalue weighted by atomic mass is 32.1. The Morgan fingerprint density at radius 1 is 1.26 bits per heavy atom. The SMILES string of the molecule is CC1CC(c2nc3cc([C@H]4CC[C@H](C)CN4)ccc3s2)CN1C. The standard InChI is InChI=1S/C19H27N3S/c1-12-4-6-16(20-10-12)14-5-7-18-17(9-14)21-19(23-18)15-8-13(2)22(3)11-15/h5,7,9,12-13,15-16,20H,4,6,8,10-11H2,1-3H3/t12-,13?,15?,16+/m0/s1. The molecule has 23 heavy (non-hydrogen) atoms. The molecule has 2 saturated heterocycles. The highest BCUT2D eigenvalue weighted by molar-refractivity contribution is 7.18. The highest BCUT2D eigenvalue weighted by Crippen LogP contribution is 2.36. The van der Waals surface area contributed by atoms with Crippen LogP contribution in [-0.2, 0) is 0 Å². The molecule has 1 N–H and O–H groups in total. The van der Waals surface area contributed by atoms with E-state index in [4.69, 9.17) is 4.98 Å². The van der Waals surface area contributed by atoms with Crippen LogP contribution in [0.2, 0.25) is 0 Å². The summed E-state index contributed by atoms with van der Waals surface area (Å²) in [6.45, 7) is 6.94. The largest absolute Gasteiger partial charge is 0.310 e. The lowest BCUT2D eigenvalue weighted by Gasteiger charge is -2.28. The first-order valence-corrected chi connectivity index (χ1v) is 9.76. The summed E-state index contributed by atoms with van der Waals surface area (Å²) in [4.78, 5) is 7.45. The summed E-state index contributed by atoms with van der Waals surface area (Å²) >= 11 is 1.90. The number of hydrogen-bond acceptors (Lipinski definition) is 4. The topological polar surface area (TPSA) is 28.2 Å². The minimum atomic E-state index is 0.512. The van der Waals surface area contributed by atoms with E-state index in [1.165, 1.54) is 40.1 Å². The van der Waals surface area contributed by atoms with E-state index in [1.807, 2.05) is 11.3 Å². The molecule has 2 aromatic rings. The Morgan fingerprint density at radius 2 is 2.13 bits per heavy atom. The van der Waals surface area contributed by atoms with Crippen molar-refractivity contribution in [1.82, 2.24) is 15.2 Å². The van der Waals surface area contributed by atoms with Crippen molar-refractivity contribution in [2.24, 2.45) is 5.92 Å². The quantitative estimate of drug-likeness (QED) is 0.896. The van der Waals surface area contributed by atoms with Crippen molar-refractivity contribution in [3.63, 3.8) is 0 Å². The summed E-state index contributed by atoms with van der Waals surface area (Å²) in [6.07, 6.45) is 3.81. The molecule has 0 bridgehead atoms. The van der Waals surface area contributed by atoms with Crippen molar-refractivity contribution in [2.75, 3.05) is 20.1 Å². The van der Waals surface area contributed by atoms with E-state index in [2.05, 4.69) is 49.3 Å². The molecular weight excluding hydrogens is 302 g/mol. The molecule has 4 heteroatoms. The number of rotatable bonds is 2. The van der Waals surface area contributed by atoms with Crippen LogP contribution in [0.5, 0.6) is 0 Å². The summed E-state index contributed by atoms with van der Waals surface area (Å²) in [5.41, 5.74) is 2.61. The molecule has 0 amide bonds. The lowest BCUT2D eigenvalue weighted by atomic mass is 9.92. The van der Waals surface area contributed by atoms with E-state index in [0.29, 0.717) is 18.0 Å². The Morgan fingerprint density at radius 3 is 2.83 bits per heavy atom. The van der Waals surface area contributed by atoms with E-state index < -0.39 is 0 Å². The molecule has 2 aliphatic rings. The van der Waals surface area contributed by atoms with Gasteiger partial charge in [-0.15, -0.1) is 11.3 Å². The predicted octanol–water partition coefficient (Wildman–Crippen LogP) is 4.16. The van der Waals surface area contributed by atoms with Crippen molar-refractivity contribution >= 4 is 21.6 Å². The van der Waals surface area contributed by atoms with Crippen LogP contribution in [0.4, 0.5) is 0 Å². The van der Waals surface area contributed by atoms with Crippen molar-refractivity contribution in [1.29, 1.82) is 0 Å². The maximum atomic E-state index is 5.00. The second-order valence-corrected chi connectivity index (χ2v) is 8.71. The number of likely N-dealkylation sites (tertiary alicyclic amines) is 1. The lowest BCUT2D eigenvalue weighted by Crippen LogP contribution is -2.31. The molecule has 4 rings (SSSR count). The molecule has 3 heterocycles. The Balaban J connectivity index is 1.57. The zero-order valence-corrected chi connectivity index (χ0v) is 15.2. The minimum absolute atomic E-state index is 0.512. The number of thiazole rings is 1. The van der Waals surface area contributed by atoms with E-state index >= 15 is 0 Å². The smallest absolute Gasteiger partial charge is 0.0982 e. The third kappa shape index (κ3) is 3.04. The maximum Gasteiger partial charge on any atom is 0.0982 e. The molecule has 0 saturated carbocycles. The molecule has 2 unspecified atom stereocenters. The van der Waals surface area contributed by atoms with Gasteiger partial charge in [0.05, 0.1) is 15.2 Å². The molecule has 2 aliphatic heterocycles. The van der Waals surface area contributed by atoms with Gasteiger partial charge in [0.25, 0.3) is 0 Å². The fraction of sp³-hybridized carbons (Fsp3) is 0.632. The molecule has 124 valence electrons. The van der Waals surface area contributed by atoms with Crippen LogP contribution >= 0.6 is 11.3 Å². The number of aromatic nitrogens is 1. The summed E-state index contributed by atoms with van der Waals surface area (Å²) in [7, 11) is 2.23. The van der Waals surface area contributed by atoms with Crippen LogP contribution in [0.25, 0.3) is 10.2 Å². The van der Waals surface area contributed by atoms with Crippen molar-refractivity contribution < 1.29 is 0 Å². The number of piperidine rings is 1. The van der Waals surface area contributed by atoms with Crippen LogP contribution < -0.4 is 5.32 Å². The second kappa shape index (κ2) is 6.15. The van der Waals surface area contributed by atoms with Gasteiger partial charge in [0.15, 0.2) is 0 Å². The van der Waals surface area contributed by atoms with Crippen molar-refractivity contribution in [3.8, 4) is 0 Å². The molecule has 3 nitrogen and oxygen atoms in total. The van der Waals surface area contributed by atoms with Gasteiger partial charge in [-0.25, -0.2) is 4.98 Å². The summed E-state index contributed by atoms with van der Waals surface area (Å²) in [5, 5.41) is 5.02. The van der Waals surface area contributed by atoms with Crippen LogP contribution in [0.15, 0.2) is 18.2 Å². The Labute approximate surface area is 143 Å². The van der Waals surface area contributed by atoms with E-state index in [-0.39, 0.29) is 0 Å². The first-order valence-electron chi connectivity index (χ1n) is 8.94. The maximum absolute atomic E-state index is 5.00. The number of likely N-dealkylation sites (N-methyl/N-ethyl adjacent to an activating group) is 1. The van der Waals surface area contributed by atoms with Crippen LogP contribution in [0.3, 0.4) is 0 Å². The molecule has 1 aromatic carbocycles. The molecule has 0 radical (unpaired) electrons. The molecule has 0 aliphatic carbocycles. The van der Waals surface area contributed by atoms with Gasteiger partial charge in [0.2, 0.25) is 0 Å². The van der Waals surface area contributed by atoms with Gasteiger partial charge in [0.1, 0.15) is 0 Å². The molecule has 0 spiro atoms. The lowest BCUT2D eigenvalue weighted by molar-refractivity contribution is 0.329. The number of nitrogens with zero attached hydrogens (tertiary/aromatic N) is 2. The van der Waals surface area contributed by atoms with Crippen LogP contribution in [0.1, 0.15) is 55.6 Å². The number of nitrogens with one attached hydrogen (secondary N) is 1. The first-order chi connectivity index (χ1) is 11.1. The highest BCUT2D eigenvalue weighted by Gasteiger charge is 2.29. The van der Waals surface area contributed by atoms with Crippen molar-refractivity contribution in [2.45, 2.75) is 51.1 Å². The average molecular weight is 330 g/mol. The third-order valence-electron chi connectivity index (χ3n) is 5.73. The number of hydrogen-bond donors (Lipinski definition) is 1. The van der Waals surface area contributed by atoms with Crippen molar-refractivity contribution in [3.05, 3.63) is 28.8 Å². The number of benzene rings is 1. The monoisotopic (exact) mass is 329 g/mol. The third-order valence-corrected chi connectivity index (χ3v) is 6.93. The van der Waals surface area contributed by atoms with Gasteiger partial charge in [-0.05, 0) is 63.4 Å². The van der Waals surface area contributed by atoms with Gasteiger partial charge in [-0.2, -0.15) is 0 Å². The molecule has 2 fully saturated rings. The number of fused-ring (bicyclic) bond motifs is 1. The van der Waals surface area contributed by atoms with Gasteiger partial charge in [-0.1, -0.05) is 13.0 Å². The van der Waals surface area contributed by atoms with Gasteiger partial charge < -0.3 is 10.2 Å². The van der Waals surface area contributed by atoms with Gasteiger partial charge >= 0.3 is 0 Å². The van der Waals surface area contributed by atoms with Crippen LogP contribution in [-0.4, -0.2) is 36.1 Å². The fourth-order valence-corrected chi connectivity index (χ4v) is 5.06. The summed E-state index contributed by atoms with van der Waals surface area (Å²) in [5.74, 6) is 1.42. The first kappa shape index (κ1) is 15.6. The Hall–Kier alpha value is -0.970. The van der Waals surface area contributed by atoms with Gasteiger partial charge in [-0.3, -0.25) is 0 Å². The van der Waals surface area contributed by atoms with E-state index in [9.17, 15) is 0 Å².